The first-order chi connectivity index (χ1) is 5.81. The van der Waals surface area contributed by atoms with Gasteiger partial charge < -0.3 is 0 Å². The number of thiophene rings is 1. The second kappa shape index (κ2) is 3.02. The Kier molecular flexibility index (Phi) is 2.01. The van der Waals surface area contributed by atoms with Crippen molar-refractivity contribution in [3.05, 3.63) is 21.4 Å². The third-order valence-corrected chi connectivity index (χ3v) is 3.66. The average Bonchev–Trinajstić information content (AvgIpc) is 2.46. The highest BCUT2D eigenvalue weighted by Crippen LogP contribution is 2.31. The lowest BCUT2D eigenvalue weighted by atomic mass is 9.88. The normalized spacial score (nSPS) is 21.9. The third-order valence-electron chi connectivity index (χ3n) is 2.56. The van der Waals surface area contributed by atoms with Gasteiger partial charge in [0.25, 0.3) is 0 Å². The lowest BCUT2D eigenvalue weighted by Gasteiger charge is -2.18. The van der Waals surface area contributed by atoms with E-state index in [2.05, 4.69) is 6.92 Å². The Labute approximate surface area is 76.4 Å². The minimum Gasteiger partial charge on any atom is -0.298 e. The SMILES string of the molecule is CC1CCc2scc(C=O)c2C1. The highest BCUT2D eigenvalue weighted by atomic mass is 32.1. The Morgan fingerprint density at radius 3 is 3.25 bits per heavy atom. The highest BCUT2D eigenvalue weighted by molar-refractivity contribution is 7.10. The van der Waals surface area contributed by atoms with Gasteiger partial charge in [0.1, 0.15) is 0 Å². The number of hydrogen-bond donors (Lipinski definition) is 0. The van der Waals surface area contributed by atoms with Crippen LogP contribution in [0.4, 0.5) is 0 Å². The topological polar surface area (TPSA) is 17.1 Å². The fourth-order valence-corrected chi connectivity index (χ4v) is 2.85. The first-order valence-electron chi connectivity index (χ1n) is 4.35. The molecule has 12 heavy (non-hydrogen) atoms. The summed E-state index contributed by atoms with van der Waals surface area (Å²) in [5, 5.41) is 2.00. The van der Waals surface area contributed by atoms with Gasteiger partial charge in [0, 0.05) is 15.8 Å². The molecular formula is C10H12OS. The van der Waals surface area contributed by atoms with E-state index in [4.69, 9.17) is 0 Å². The van der Waals surface area contributed by atoms with Gasteiger partial charge in [0.2, 0.25) is 0 Å². The molecule has 1 aromatic heterocycles. The van der Waals surface area contributed by atoms with E-state index in [-0.39, 0.29) is 0 Å². The molecule has 2 rings (SSSR count). The molecule has 0 spiro atoms. The summed E-state index contributed by atoms with van der Waals surface area (Å²) < 4.78 is 0. The van der Waals surface area contributed by atoms with E-state index in [0.29, 0.717) is 0 Å². The van der Waals surface area contributed by atoms with Crippen LogP contribution in [0.5, 0.6) is 0 Å². The molecule has 1 atom stereocenters. The maximum absolute atomic E-state index is 10.7. The van der Waals surface area contributed by atoms with Gasteiger partial charge in [0.15, 0.2) is 6.29 Å². The van der Waals surface area contributed by atoms with E-state index in [9.17, 15) is 4.79 Å². The van der Waals surface area contributed by atoms with E-state index in [1.807, 2.05) is 5.38 Å². The summed E-state index contributed by atoms with van der Waals surface area (Å²) >= 11 is 1.75. The van der Waals surface area contributed by atoms with Crippen molar-refractivity contribution in [1.82, 2.24) is 0 Å². The lowest BCUT2D eigenvalue weighted by molar-refractivity contribution is 0.112. The Bertz CT molecular complexity index is 301. The van der Waals surface area contributed by atoms with Crippen LogP contribution in [0.25, 0.3) is 0 Å². The molecule has 1 heterocycles. The van der Waals surface area contributed by atoms with E-state index < -0.39 is 0 Å². The lowest BCUT2D eigenvalue weighted by Crippen LogP contribution is -2.09. The Morgan fingerprint density at radius 1 is 1.67 bits per heavy atom. The first-order valence-corrected chi connectivity index (χ1v) is 5.23. The summed E-state index contributed by atoms with van der Waals surface area (Å²) in [4.78, 5) is 12.1. The van der Waals surface area contributed by atoms with Crippen LogP contribution >= 0.6 is 11.3 Å². The van der Waals surface area contributed by atoms with Gasteiger partial charge in [-0.1, -0.05) is 6.92 Å². The van der Waals surface area contributed by atoms with Crippen molar-refractivity contribution < 1.29 is 4.79 Å². The summed E-state index contributed by atoms with van der Waals surface area (Å²) in [6, 6.07) is 0. The average molecular weight is 180 g/mol. The maximum Gasteiger partial charge on any atom is 0.151 e. The van der Waals surface area contributed by atoms with Gasteiger partial charge in [-0.3, -0.25) is 4.79 Å². The minimum absolute atomic E-state index is 0.755. The van der Waals surface area contributed by atoms with Crippen molar-refractivity contribution in [2.24, 2.45) is 5.92 Å². The first kappa shape index (κ1) is 7.99. The van der Waals surface area contributed by atoms with Crippen molar-refractivity contribution in [3.63, 3.8) is 0 Å². The molecule has 1 nitrogen and oxygen atoms in total. The van der Waals surface area contributed by atoms with Crippen LogP contribution in [0.15, 0.2) is 5.38 Å². The highest BCUT2D eigenvalue weighted by Gasteiger charge is 2.19. The number of hydrogen-bond acceptors (Lipinski definition) is 2. The molecular weight excluding hydrogens is 168 g/mol. The molecule has 1 aromatic rings. The molecule has 1 aliphatic carbocycles. The van der Waals surface area contributed by atoms with E-state index in [1.54, 1.807) is 11.3 Å². The van der Waals surface area contributed by atoms with Crippen molar-refractivity contribution in [3.8, 4) is 0 Å². The van der Waals surface area contributed by atoms with E-state index in [1.165, 1.54) is 23.3 Å². The summed E-state index contributed by atoms with van der Waals surface area (Å²) in [7, 11) is 0. The number of fused-ring (bicyclic) bond motifs is 1. The molecule has 0 radical (unpaired) electrons. The van der Waals surface area contributed by atoms with Crippen molar-refractivity contribution in [2.45, 2.75) is 26.2 Å². The quantitative estimate of drug-likeness (QED) is 0.607. The van der Waals surface area contributed by atoms with Crippen molar-refractivity contribution in [2.75, 3.05) is 0 Å². The summed E-state index contributed by atoms with van der Waals surface area (Å²) in [5.41, 5.74) is 2.26. The molecule has 1 aliphatic rings. The van der Waals surface area contributed by atoms with Gasteiger partial charge >= 0.3 is 0 Å². The van der Waals surface area contributed by atoms with Gasteiger partial charge in [-0.05, 0) is 30.7 Å². The summed E-state index contributed by atoms with van der Waals surface area (Å²) in [5.74, 6) is 0.755. The van der Waals surface area contributed by atoms with Crippen LogP contribution in [-0.4, -0.2) is 6.29 Å². The molecule has 64 valence electrons. The van der Waals surface area contributed by atoms with E-state index >= 15 is 0 Å². The molecule has 0 bridgehead atoms. The van der Waals surface area contributed by atoms with Crippen molar-refractivity contribution in [1.29, 1.82) is 0 Å². The number of carbonyl (C=O) groups excluding carboxylic acids is 1. The van der Waals surface area contributed by atoms with Crippen LogP contribution in [-0.2, 0) is 12.8 Å². The zero-order chi connectivity index (χ0) is 8.55. The summed E-state index contributed by atoms with van der Waals surface area (Å²) in [6.45, 7) is 2.26. The van der Waals surface area contributed by atoms with Crippen LogP contribution in [0.2, 0.25) is 0 Å². The second-order valence-electron chi connectivity index (χ2n) is 3.56. The third kappa shape index (κ3) is 1.20. The minimum atomic E-state index is 0.755. The smallest absolute Gasteiger partial charge is 0.151 e. The number of rotatable bonds is 1. The van der Waals surface area contributed by atoms with Gasteiger partial charge in [-0.2, -0.15) is 0 Å². The van der Waals surface area contributed by atoms with Crippen LogP contribution < -0.4 is 0 Å². The molecule has 2 heteroatoms. The standard InChI is InChI=1S/C10H12OS/c1-7-2-3-10-9(4-7)8(5-11)6-12-10/h5-7H,2-4H2,1H3. The van der Waals surface area contributed by atoms with Gasteiger partial charge in [-0.25, -0.2) is 0 Å². The molecule has 0 aromatic carbocycles. The molecule has 0 N–H and O–H groups in total. The van der Waals surface area contributed by atoms with Gasteiger partial charge in [-0.15, -0.1) is 11.3 Å². The predicted octanol–water partition coefficient (Wildman–Crippen LogP) is 2.69. The number of aryl methyl sites for hydroxylation is 1. The van der Waals surface area contributed by atoms with Crippen LogP contribution in [0.3, 0.4) is 0 Å². The summed E-state index contributed by atoms with van der Waals surface area (Å²) in [6.07, 6.45) is 4.56. The zero-order valence-corrected chi connectivity index (χ0v) is 7.99. The zero-order valence-electron chi connectivity index (χ0n) is 7.17. The molecule has 0 saturated heterocycles. The van der Waals surface area contributed by atoms with Gasteiger partial charge in [0.05, 0.1) is 0 Å². The molecule has 0 fully saturated rings. The molecule has 0 aliphatic heterocycles. The van der Waals surface area contributed by atoms with Crippen LogP contribution in [0.1, 0.15) is 34.1 Å². The number of aldehydes is 1. The molecule has 1 unspecified atom stereocenters. The fraction of sp³-hybridized carbons (Fsp3) is 0.500. The maximum atomic E-state index is 10.7. The Balaban J connectivity index is 2.40. The Morgan fingerprint density at radius 2 is 2.50 bits per heavy atom. The van der Waals surface area contributed by atoms with Crippen molar-refractivity contribution >= 4 is 17.6 Å². The molecule has 0 amide bonds. The van der Waals surface area contributed by atoms with Crippen LogP contribution in [0, 0.1) is 5.92 Å². The monoisotopic (exact) mass is 180 g/mol. The largest absolute Gasteiger partial charge is 0.298 e. The molecule has 0 saturated carbocycles. The predicted molar refractivity (Wildman–Crippen MR) is 50.9 cm³/mol. The second-order valence-corrected chi connectivity index (χ2v) is 4.52. The van der Waals surface area contributed by atoms with E-state index in [0.717, 1.165) is 24.2 Å². The number of carbonyl (C=O) groups is 1. The fourth-order valence-electron chi connectivity index (χ4n) is 1.81. The Hall–Kier alpha value is -0.630.